The van der Waals surface area contributed by atoms with Crippen LogP contribution in [-0.2, 0) is 6.54 Å². The van der Waals surface area contributed by atoms with Gasteiger partial charge >= 0.3 is 0 Å². The zero-order valence-electron chi connectivity index (χ0n) is 12.1. The molecule has 1 atom stereocenters. The van der Waals surface area contributed by atoms with Crippen LogP contribution in [-0.4, -0.2) is 22.0 Å². The average Bonchev–Trinajstić information content (AvgIpc) is 3.10. The molecule has 0 aliphatic carbocycles. The van der Waals surface area contributed by atoms with Gasteiger partial charge in [-0.2, -0.15) is 5.10 Å². The molecule has 0 saturated carbocycles. The molecule has 3 aromatic rings. The number of hydrogen-bond donors (Lipinski definition) is 1. The minimum Gasteiger partial charge on any atom is -0.493 e. The van der Waals surface area contributed by atoms with Gasteiger partial charge in [-0.25, -0.2) is 0 Å². The number of aliphatic hydroxyl groups is 1. The van der Waals surface area contributed by atoms with Gasteiger partial charge in [0.15, 0.2) is 5.75 Å². The molecule has 2 aromatic heterocycles. The molecule has 0 spiro atoms. The molecule has 0 aliphatic rings. The highest BCUT2D eigenvalue weighted by Crippen LogP contribution is 2.34. The lowest BCUT2D eigenvalue weighted by Crippen LogP contribution is -2.11. The van der Waals surface area contributed by atoms with E-state index in [1.54, 1.807) is 24.3 Å². The van der Waals surface area contributed by atoms with Crippen molar-refractivity contribution in [3.63, 3.8) is 0 Å². The Labute approximate surface area is 122 Å². The summed E-state index contributed by atoms with van der Waals surface area (Å²) in [6, 6.07) is 7.65. The second kappa shape index (κ2) is 5.61. The van der Waals surface area contributed by atoms with Crippen LogP contribution in [0.15, 0.2) is 41.1 Å². The van der Waals surface area contributed by atoms with Crippen molar-refractivity contribution in [1.82, 2.24) is 9.78 Å². The topological polar surface area (TPSA) is 60.4 Å². The second-order valence-electron chi connectivity index (χ2n) is 4.91. The van der Waals surface area contributed by atoms with Gasteiger partial charge in [0.05, 0.1) is 19.6 Å². The van der Waals surface area contributed by atoms with Gasteiger partial charge < -0.3 is 14.3 Å². The van der Waals surface area contributed by atoms with Crippen molar-refractivity contribution in [2.75, 3.05) is 7.11 Å². The van der Waals surface area contributed by atoms with E-state index in [2.05, 4.69) is 12.0 Å². The lowest BCUT2D eigenvalue weighted by atomic mass is 10.0. The van der Waals surface area contributed by atoms with E-state index < -0.39 is 6.10 Å². The maximum atomic E-state index is 10.8. The SMILES string of the molecule is CCCn1ncc(OC)c1C(O)c1coc2ccccc12. The third-order valence-electron chi connectivity index (χ3n) is 3.56. The lowest BCUT2D eigenvalue weighted by Gasteiger charge is -2.14. The minimum absolute atomic E-state index is 0.584. The predicted molar refractivity (Wildman–Crippen MR) is 79.3 cm³/mol. The van der Waals surface area contributed by atoms with Crippen molar-refractivity contribution in [1.29, 1.82) is 0 Å². The van der Waals surface area contributed by atoms with Crippen molar-refractivity contribution < 1.29 is 14.3 Å². The van der Waals surface area contributed by atoms with E-state index in [1.807, 2.05) is 24.3 Å². The Morgan fingerprint density at radius 3 is 2.95 bits per heavy atom. The van der Waals surface area contributed by atoms with Crippen LogP contribution in [0.2, 0.25) is 0 Å². The molecular formula is C16H18N2O3. The Morgan fingerprint density at radius 2 is 2.19 bits per heavy atom. The lowest BCUT2D eigenvalue weighted by molar-refractivity contribution is 0.202. The molecule has 3 rings (SSSR count). The number of benzene rings is 1. The number of nitrogens with zero attached hydrogens (tertiary/aromatic N) is 2. The number of furan rings is 1. The molecule has 0 aliphatic heterocycles. The number of aryl methyl sites for hydroxylation is 1. The van der Waals surface area contributed by atoms with E-state index in [9.17, 15) is 5.11 Å². The van der Waals surface area contributed by atoms with Gasteiger partial charge in [-0.15, -0.1) is 0 Å². The van der Waals surface area contributed by atoms with E-state index in [4.69, 9.17) is 9.15 Å². The highest BCUT2D eigenvalue weighted by molar-refractivity contribution is 5.81. The Morgan fingerprint density at radius 1 is 1.38 bits per heavy atom. The van der Waals surface area contributed by atoms with E-state index in [0.29, 0.717) is 11.4 Å². The summed E-state index contributed by atoms with van der Waals surface area (Å²) in [6.07, 6.45) is 3.32. The summed E-state index contributed by atoms with van der Waals surface area (Å²) in [5, 5.41) is 16.0. The maximum Gasteiger partial charge on any atom is 0.163 e. The number of para-hydroxylation sites is 1. The van der Waals surface area contributed by atoms with Gasteiger partial charge in [0.1, 0.15) is 17.4 Å². The zero-order chi connectivity index (χ0) is 14.8. The van der Waals surface area contributed by atoms with Gasteiger partial charge in [0, 0.05) is 17.5 Å². The van der Waals surface area contributed by atoms with Crippen LogP contribution in [0.3, 0.4) is 0 Å². The third-order valence-corrected chi connectivity index (χ3v) is 3.56. The number of aliphatic hydroxyl groups excluding tert-OH is 1. The Hall–Kier alpha value is -2.27. The first kappa shape index (κ1) is 13.7. The monoisotopic (exact) mass is 286 g/mol. The molecule has 0 radical (unpaired) electrons. The van der Waals surface area contributed by atoms with Gasteiger partial charge in [0.25, 0.3) is 0 Å². The van der Waals surface area contributed by atoms with Crippen LogP contribution < -0.4 is 4.74 Å². The summed E-state index contributed by atoms with van der Waals surface area (Å²) in [7, 11) is 1.58. The Balaban J connectivity index is 2.09. The molecule has 21 heavy (non-hydrogen) atoms. The van der Waals surface area contributed by atoms with Crippen molar-refractivity contribution in [2.45, 2.75) is 26.0 Å². The summed E-state index contributed by atoms with van der Waals surface area (Å²) >= 11 is 0. The number of ether oxygens (including phenoxy) is 1. The second-order valence-corrected chi connectivity index (χ2v) is 4.91. The summed E-state index contributed by atoms with van der Waals surface area (Å²) in [5.74, 6) is 0.584. The summed E-state index contributed by atoms with van der Waals surface area (Å²) in [6.45, 7) is 2.79. The molecule has 110 valence electrons. The zero-order valence-corrected chi connectivity index (χ0v) is 12.1. The normalized spacial score (nSPS) is 12.7. The molecule has 1 aromatic carbocycles. The smallest absolute Gasteiger partial charge is 0.163 e. The van der Waals surface area contributed by atoms with Crippen LogP contribution in [0.1, 0.15) is 30.7 Å². The van der Waals surface area contributed by atoms with Crippen molar-refractivity contribution >= 4 is 11.0 Å². The third kappa shape index (κ3) is 2.29. The van der Waals surface area contributed by atoms with Gasteiger partial charge in [-0.05, 0) is 12.5 Å². The van der Waals surface area contributed by atoms with Crippen LogP contribution in [0.25, 0.3) is 11.0 Å². The van der Waals surface area contributed by atoms with Crippen LogP contribution in [0.4, 0.5) is 0 Å². The predicted octanol–water partition coefficient (Wildman–Crippen LogP) is 3.13. The first-order valence-corrected chi connectivity index (χ1v) is 7.00. The number of rotatable bonds is 5. The van der Waals surface area contributed by atoms with E-state index in [1.165, 1.54) is 0 Å². The van der Waals surface area contributed by atoms with E-state index in [-0.39, 0.29) is 0 Å². The molecule has 0 saturated heterocycles. The molecule has 1 N–H and O–H groups in total. The average molecular weight is 286 g/mol. The fourth-order valence-electron chi connectivity index (χ4n) is 2.56. The Bertz CT molecular complexity index is 745. The number of fused-ring (bicyclic) bond motifs is 1. The maximum absolute atomic E-state index is 10.8. The highest BCUT2D eigenvalue weighted by Gasteiger charge is 2.24. The number of aromatic nitrogens is 2. The van der Waals surface area contributed by atoms with Crippen molar-refractivity contribution in [3.8, 4) is 5.75 Å². The first-order valence-electron chi connectivity index (χ1n) is 7.00. The quantitative estimate of drug-likeness (QED) is 0.782. The number of methoxy groups -OCH3 is 1. The molecule has 0 amide bonds. The summed E-state index contributed by atoms with van der Waals surface area (Å²) < 4.78 is 12.6. The molecule has 2 heterocycles. The fourth-order valence-corrected chi connectivity index (χ4v) is 2.56. The van der Waals surface area contributed by atoms with Gasteiger partial charge in [0.2, 0.25) is 0 Å². The number of hydrogen-bond acceptors (Lipinski definition) is 4. The standard InChI is InChI=1S/C16H18N2O3/c1-3-8-18-15(14(20-2)9-17-18)16(19)12-10-21-13-7-5-4-6-11(12)13/h4-7,9-10,16,19H,3,8H2,1-2H3. The molecule has 5 heteroatoms. The molecule has 0 bridgehead atoms. The van der Waals surface area contributed by atoms with Crippen LogP contribution in [0.5, 0.6) is 5.75 Å². The van der Waals surface area contributed by atoms with Crippen LogP contribution >= 0.6 is 0 Å². The molecule has 1 unspecified atom stereocenters. The minimum atomic E-state index is -0.836. The first-order chi connectivity index (χ1) is 10.3. The summed E-state index contributed by atoms with van der Waals surface area (Å²) in [5.41, 5.74) is 2.14. The fraction of sp³-hybridized carbons (Fsp3) is 0.312. The van der Waals surface area contributed by atoms with E-state index >= 15 is 0 Å². The van der Waals surface area contributed by atoms with Gasteiger partial charge in [-0.3, -0.25) is 4.68 Å². The van der Waals surface area contributed by atoms with Crippen LogP contribution in [0, 0.1) is 0 Å². The Kier molecular flexibility index (Phi) is 3.66. The highest BCUT2D eigenvalue weighted by atomic mass is 16.5. The molecule has 0 fully saturated rings. The summed E-state index contributed by atoms with van der Waals surface area (Å²) in [4.78, 5) is 0. The molecular weight excluding hydrogens is 268 g/mol. The van der Waals surface area contributed by atoms with Crippen molar-refractivity contribution in [2.24, 2.45) is 0 Å². The molecule has 5 nitrogen and oxygen atoms in total. The van der Waals surface area contributed by atoms with Crippen molar-refractivity contribution in [3.05, 3.63) is 48.0 Å². The van der Waals surface area contributed by atoms with Gasteiger partial charge in [-0.1, -0.05) is 25.1 Å². The largest absolute Gasteiger partial charge is 0.493 e. The van der Waals surface area contributed by atoms with E-state index in [0.717, 1.165) is 29.5 Å².